The molecule has 0 aliphatic carbocycles. The topological polar surface area (TPSA) is 75.6 Å². The standard InChI is InChI=1S/C14H19NO4/c1-11(7-8-12-5-3-2-4-6-12)15-13(16)9-19-10-14(17)18/h2-6,11H,7-10H2,1H3,(H,15,16)(H,17,18)/t11-/m0/s1. The Bertz CT molecular complexity index is 405. The van der Waals surface area contributed by atoms with Crippen molar-refractivity contribution in [1.82, 2.24) is 5.32 Å². The van der Waals surface area contributed by atoms with Gasteiger partial charge in [-0.3, -0.25) is 4.79 Å². The lowest BCUT2D eigenvalue weighted by atomic mass is 10.1. The van der Waals surface area contributed by atoms with E-state index >= 15 is 0 Å². The number of hydrogen-bond donors (Lipinski definition) is 2. The number of carboxylic acids is 1. The quantitative estimate of drug-likeness (QED) is 0.741. The van der Waals surface area contributed by atoms with Crippen LogP contribution in [-0.4, -0.2) is 36.2 Å². The summed E-state index contributed by atoms with van der Waals surface area (Å²) < 4.78 is 4.71. The van der Waals surface area contributed by atoms with E-state index in [2.05, 4.69) is 5.32 Å². The number of hydrogen-bond acceptors (Lipinski definition) is 3. The van der Waals surface area contributed by atoms with Crippen LogP contribution in [0.2, 0.25) is 0 Å². The van der Waals surface area contributed by atoms with E-state index in [1.807, 2.05) is 37.3 Å². The third kappa shape index (κ3) is 7.21. The van der Waals surface area contributed by atoms with Crippen molar-refractivity contribution in [2.24, 2.45) is 0 Å². The Labute approximate surface area is 112 Å². The molecule has 2 N–H and O–H groups in total. The molecule has 0 unspecified atom stereocenters. The number of carbonyl (C=O) groups excluding carboxylic acids is 1. The van der Waals surface area contributed by atoms with Crippen molar-refractivity contribution in [3.05, 3.63) is 35.9 Å². The van der Waals surface area contributed by atoms with Crippen LogP contribution in [0.3, 0.4) is 0 Å². The maximum absolute atomic E-state index is 11.4. The Balaban J connectivity index is 2.18. The maximum Gasteiger partial charge on any atom is 0.329 e. The highest BCUT2D eigenvalue weighted by Gasteiger charge is 2.08. The summed E-state index contributed by atoms with van der Waals surface area (Å²) in [4.78, 5) is 21.6. The van der Waals surface area contributed by atoms with Crippen LogP contribution in [0.4, 0.5) is 0 Å². The summed E-state index contributed by atoms with van der Waals surface area (Å²) in [6.45, 7) is 1.24. The number of benzene rings is 1. The van der Waals surface area contributed by atoms with Gasteiger partial charge in [-0.2, -0.15) is 0 Å². The van der Waals surface area contributed by atoms with Crippen molar-refractivity contribution in [2.75, 3.05) is 13.2 Å². The highest BCUT2D eigenvalue weighted by atomic mass is 16.5. The van der Waals surface area contributed by atoms with Crippen molar-refractivity contribution in [1.29, 1.82) is 0 Å². The highest BCUT2D eigenvalue weighted by molar-refractivity contribution is 5.78. The van der Waals surface area contributed by atoms with E-state index < -0.39 is 12.6 Å². The summed E-state index contributed by atoms with van der Waals surface area (Å²) >= 11 is 0. The molecule has 0 radical (unpaired) electrons. The predicted molar refractivity (Wildman–Crippen MR) is 70.8 cm³/mol. The normalized spacial score (nSPS) is 11.8. The van der Waals surface area contributed by atoms with Crippen molar-refractivity contribution in [3.8, 4) is 0 Å². The first-order valence-corrected chi connectivity index (χ1v) is 6.20. The van der Waals surface area contributed by atoms with Gasteiger partial charge in [-0.1, -0.05) is 30.3 Å². The fourth-order valence-electron chi connectivity index (χ4n) is 1.65. The van der Waals surface area contributed by atoms with Gasteiger partial charge in [0.2, 0.25) is 5.91 Å². The number of nitrogens with one attached hydrogen (secondary N) is 1. The summed E-state index contributed by atoms with van der Waals surface area (Å²) in [7, 11) is 0. The first-order valence-electron chi connectivity index (χ1n) is 6.20. The number of carboxylic acid groups (broad SMARTS) is 1. The van der Waals surface area contributed by atoms with Gasteiger partial charge in [0, 0.05) is 6.04 Å². The van der Waals surface area contributed by atoms with Crippen LogP contribution in [0.1, 0.15) is 18.9 Å². The molecular weight excluding hydrogens is 246 g/mol. The molecular formula is C14H19NO4. The molecule has 5 heteroatoms. The van der Waals surface area contributed by atoms with Gasteiger partial charge in [0.1, 0.15) is 13.2 Å². The molecule has 1 aromatic carbocycles. The van der Waals surface area contributed by atoms with Crippen LogP contribution in [0.25, 0.3) is 0 Å². The van der Waals surface area contributed by atoms with Gasteiger partial charge in [-0.25, -0.2) is 4.79 Å². The monoisotopic (exact) mass is 265 g/mol. The van der Waals surface area contributed by atoms with Crippen molar-refractivity contribution in [2.45, 2.75) is 25.8 Å². The minimum atomic E-state index is -1.08. The largest absolute Gasteiger partial charge is 0.480 e. The lowest BCUT2D eigenvalue weighted by Crippen LogP contribution is -2.36. The summed E-state index contributed by atoms with van der Waals surface area (Å²) in [6, 6.07) is 10.1. The molecule has 0 aromatic heterocycles. The van der Waals surface area contributed by atoms with Crippen LogP contribution in [-0.2, 0) is 20.7 Å². The third-order valence-electron chi connectivity index (χ3n) is 2.57. The maximum atomic E-state index is 11.4. The van der Waals surface area contributed by atoms with Crippen LogP contribution in [0, 0.1) is 0 Å². The second-order valence-electron chi connectivity index (χ2n) is 4.38. The zero-order chi connectivity index (χ0) is 14.1. The van der Waals surface area contributed by atoms with Crippen LogP contribution >= 0.6 is 0 Å². The minimum absolute atomic E-state index is 0.0288. The molecule has 0 heterocycles. The number of amides is 1. The summed E-state index contributed by atoms with van der Waals surface area (Å²) in [6.07, 6.45) is 1.72. The molecule has 19 heavy (non-hydrogen) atoms. The molecule has 0 fully saturated rings. The van der Waals surface area contributed by atoms with Crippen molar-refractivity contribution < 1.29 is 19.4 Å². The second kappa shape index (κ2) is 8.26. The van der Waals surface area contributed by atoms with E-state index in [1.54, 1.807) is 0 Å². The van der Waals surface area contributed by atoms with Gasteiger partial charge in [-0.05, 0) is 25.3 Å². The van der Waals surface area contributed by atoms with E-state index in [0.29, 0.717) is 0 Å². The zero-order valence-electron chi connectivity index (χ0n) is 11.0. The van der Waals surface area contributed by atoms with Crippen molar-refractivity contribution >= 4 is 11.9 Å². The van der Waals surface area contributed by atoms with Crippen LogP contribution in [0.15, 0.2) is 30.3 Å². The van der Waals surface area contributed by atoms with Gasteiger partial charge < -0.3 is 15.2 Å². The molecule has 0 aliphatic rings. The third-order valence-corrected chi connectivity index (χ3v) is 2.57. The Morgan fingerprint density at radius 2 is 1.95 bits per heavy atom. The number of ether oxygens (including phenoxy) is 1. The summed E-state index contributed by atoms with van der Waals surface area (Å²) in [5, 5.41) is 11.1. The fraction of sp³-hybridized carbons (Fsp3) is 0.429. The van der Waals surface area contributed by atoms with Gasteiger partial charge in [-0.15, -0.1) is 0 Å². The molecule has 0 bridgehead atoms. The Kier molecular flexibility index (Phi) is 6.60. The van der Waals surface area contributed by atoms with E-state index in [4.69, 9.17) is 9.84 Å². The average molecular weight is 265 g/mol. The average Bonchev–Trinajstić information content (AvgIpc) is 2.37. The molecule has 1 amide bonds. The first kappa shape index (κ1) is 15.2. The van der Waals surface area contributed by atoms with E-state index in [9.17, 15) is 9.59 Å². The molecule has 5 nitrogen and oxygen atoms in total. The van der Waals surface area contributed by atoms with Crippen molar-refractivity contribution in [3.63, 3.8) is 0 Å². The number of rotatable bonds is 8. The first-order chi connectivity index (χ1) is 9.08. The number of aryl methyl sites for hydroxylation is 1. The molecule has 1 rings (SSSR count). The summed E-state index contributed by atoms with van der Waals surface area (Å²) in [5.41, 5.74) is 1.23. The number of carbonyl (C=O) groups is 2. The van der Waals surface area contributed by atoms with E-state index in [0.717, 1.165) is 12.8 Å². The minimum Gasteiger partial charge on any atom is -0.480 e. The molecule has 0 saturated carbocycles. The van der Waals surface area contributed by atoms with Gasteiger partial charge >= 0.3 is 5.97 Å². The fourth-order valence-corrected chi connectivity index (χ4v) is 1.65. The smallest absolute Gasteiger partial charge is 0.329 e. The molecule has 1 atom stereocenters. The molecule has 0 spiro atoms. The van der Waals surface area contributed by atoms with Gasteiger partial charge in [0.05, 0.1) is 0 Å². The lowest BCUT2D eigenvalue weighted by molar-refractivity contribution is -0.143. The lowest BCUT2D eigenvalue weighted by Gasteiger charge is -2.13. The second-order valence-corrected chi connectivity index (χ2v) is 4.38. The molecule has 104 valence electrons. The van der Waals surface area contributed by atoms with E-state index in [1.165, 1.54) is 5.56 Å². The van der Waals surface area contributed by atoms with Crippen LogP contribution in [0.5, 0.6) is 0 Å². The number of aliphatic carboxylic acids is 1. The highest BCUT2D eigenvalue weighted by Crippen LogP contribution is 2.04. The van der Waals surface area contributed by atoms with Gasteiger partial charge in [0.15, 0.2) is 0 Å². The zero-order valence-corrected chi connectivity index (χ0v) is 11.0. The Morgan fingerprint density at radius 1 is 1.26 bits per heavy atom. The summed E-state index contributed by atoms with van der Waals surface area (Å²) in [5.74, 6) is -1.37. The van der Waals surface area contributed by atoms with Gasteiger partial charge in [0.25, 0.3) is 0 Å². The molecule has 0 aliphatic heterocycles. The molecule has 0 saturated heterocycles. The van der Waals surface area contributed by atoms with Crippen LogP contribution < -0.4 is 5.32 Å². The predicted octanol–water partition coefficient (Wildman–Crippen LogP) is 1.23. The SMILES string of the molecule is C[C@@H](CCc1ccccc1)NC(=O)COCC(=O)O. The Hall–Kier alpha value is -1.88. The molecule has 1 aromatic rings. The van der Waals surface area contributed by atoms with E-state index in [-0.39, 0.29) is 18.6 Å². The Morgan fingerprint density at radius 3 is 2.58 bits per heavy atom.